The standard InChI is InChI=1S/C6H12N2O/c1-7-3-5-9-6-4-8-2/h1-6H2. The van der Waals surface area contributed by atoms with Crippen molar-refractivity contribution in [3.05, 3.63) is 0 Å². The molecule has 0 heterocycles. The first-order valence-corrected chi connectivity index (χ1v) is 2.84. The molecule has 0 aliphatic carbocycles. The number of hydrogen-bond donors (Lipinski definition) is 0. The Labute approximate surface area is 55.5 Å². The van der Waals surface area contributed by atoms with Gasteiger partial charge in [-0.25, -0.2) is 0 Å². The van der Waals surface area contributed by atoms with Gasteiger partial charge in [0.25, 0.3) is 0 Å². The van der Waals surface area contributed by atoms with Crippen LogP contribution >= 0.6 is 0 Å². The lowest BCUT2D eigenvalue weighted by molar-refractivity contribution is 0.150. The lowest BCUT2D eigenvalue weighted by Crippen LogP contribution is -2.01. The highest BCUT2D eigenvalue weighted by Gasteiger charge is 1.82. The summed E-state index contributed by atoms with van der Waals surface area (Å²) in [4.78, 5) is 7.22. The minimum Gasteiger partial charge on any atom is -0.378 e. The highest BCUT2D eigenvalue weighted by atomic mass is 16.5. The van der Waals surface area contributed by atoms with E-state index < -0.39 is 0 Å². The quantitative estimate of drug-likeness (QED) is 0.376. The molecule has 0 fully saturated rings. The molecule has 0 atom stereocenters. The van der Waals surface area contributed by atoms with Crippen molar-refractivity contribution >= 4 is 13.4 Å². The van der Waals surface area contributed by atoms with Crippen LogP contribution in [0.3, 0.4) is 0 Å². The molecule has 0 aliphatic heterocycles. The van der Waals surface area contributed by atoms with Crippen molar-refractivity contribution < 1.29 is 4.74 Å². The van der Waals surface area contributed by atoms with E-state index in [1.807, 2.05) is 0 Å². The van der Waals surface area contributed by atoms with Crippen LogP contribution in [-0.4, -0.2) is 39.7 Å². The Balaban J connectivity index is 2.74. The highest BCUT2D eigenvalue weighted by Crippen LogP contribution is 1.75. The highest BCUT2D eigenvalue weighted by molar-refractivity contribution is 5.23. The Morgan fingerprint density at radius 2 is 1.44 bits per heavy atom. The van der Waals surface area contributed by atoms with Gasteiger partial charge in [0.05, 0.1) is 26.3 Å². The fourth-order valence-corrected chi connectivity index (χ4v) is 0.360. The third kappa shape index (κ3) is 7.30. The zero-order valence-electron chi connectivity index (χ0n) is 5.55. The Kier molecular flexibility index (Phi) is 6.73. The van der Waals surface area contributed by atoms with Gasteiger partial charge >= 0.3 is 0 Å². The van der Waals surface area contributed by atoms with E-state index in [-0.39, 0.29) is 0 Å². The van der Waals surface area contributed by atoms with E-state index >= 15 is 0 Å². The topological polar surface area (TPSA) is 34.0 Å². The molecule has 0 amide bonds. The molecule has 0 N–H and O–H groups in total. The van der Waals surface area contributed by atoms with E-state index in [9.17, 15) is 0 Å². The van der Waals surface area contributed by atoms with Gasteiger partial charge in [0.15, 0.2) is 0 Å². The largest absolute Gasteiger partial charge is 0.378 e. The summed E-state index contributed by atoms with van der Waals surface area (Å²) in [5, 5.41) is 0. The number of nitrogens with zero attached hydrogens (tertiary/aromatic N) is 2. The van der Waals surface area contributed by atoms with Crippen molar-refractivity contribution in [2.24, 2.45) is 9.98 Å². The van der Waals surface area contributed by atoms with Crippen LogP contribution in [0.4, 0.5) is 0 Å². The van der Waals surface area contributed by atoms with E-state index in [0.717, 1.165) is 0 Å². The summed E-state index contributed by atoms with van der Waals surface area (Å²) in [6.45, 7) is 9.23. The smallest absolute Gasteiger partial charge is 0.0662 e. The first kappa shape index (κ1) is 8.30. The van der Waals surface area contributed by atoms with E-state index in [2.05, 4.69) is 23.4 Å². The van der Waals surface area contributed by atoms with Gasteiger partial charge in [0.2, 0.25) is 0 Å². The number of hydrogen-bond acceptors (Lipinski definition) is 3. The van der Waals surface area contributed by atoms with Crippen LogP contribution < -0.4 is 0 Å². The second kappa shape index (κ2) is 7.30. The fraction of sp³-hybridized carbons (Fsp3) is 0.667. The number of ether oxygens (including phenoxy) is 1. The third-order valence-corrected chi connectivity index (χ3v) is 0.787. The van der Waals surface area contributed by atoms with Crippen molar-refractivity contribution in [3.63, 3.8) is 0 Å². The number of aliphatic imine (C=N–C) groups is 2. The van der Waals surface area contributed by atoms with Gasteiger partial charge in [0, 0.05) is 0 Å². The van der Waals surface area contributed by atoms with Crippen molar-refractivity contribution in [2.75, 3.05) is 26.3 Å². The summed E-state index contributed by atoms with van der Waals surface area (Å²) in [6.07, 6.45) is 0. The summed E-state index contributed by atoms with van der Waals surface area (Å²) in [6, 6.07) is 0. The molecular weight excluding hydrogens is 116 g/mol. The van der Waals surface area contributed by atoms with E-state index in [1.165, 1.54) is 0 Å². The molecule has 3 nitrogen and oxygen atoms in total. The Morgan fingerprint density at radius 3 is 1.78 bits per heavy atom. The van der Waals surface area contributed by atoms with Crippen molar-refractivity contribution in [1.29, 1.82) is 0 Å². The summed E-state index contributed by atoms with van der Waals surface area (Å²) in [5.41, 5.74) is 0. The zero-order valence-corrected chi connectivity index (χ0v) is 5.55. The molecule has 3 heteroatoms. The summed E-state index contributed by atoms with van der Waals surface area (Å²) in [7, 11) is 0. The van der Waals surface area contributed by atoms with Crippen LogP contribution in [0.5, 0.6) is 0 Å². The Hall–Kier alpha value is -0.700. The first-order chi connectivity index (χ1) is 4.41. The fourth-order valence-electron chi connectivity index (χ4n) is 0.360. The number of rotatable bonds is 6. The van der Waals surface area contributed by atoms with Crippen LogP contribution in [0.15, 0.2) is 9.98 Å². The molecule has 0 aromatic carbocycles. The molecular formula is C6H12N2O. The molecule has 0 saturated heterocycles. The van der Waals surface area contributed by atoms with Crippen LogP contribution in [-0.2, 0) is 4.74 Å². The van der Waals surface area contributed by atoms with Gasteiger partial charge in [-0.05, 0) is 13.4 Å². The predicted molar refractivity (Wildman–Crippen MR) is 39.7 cm³/mol. The Morgan fingerprint density at radius 1 is 1.00 bits per heavy atom. The third-order valence-electron chi connectivity index (χ3n) is 0.787. The van der Waals surface area contributed by atoms with Crippen LogP contribution in [0.1, 0.15) is 0 Å². The van der Waals surface area contributed by atoms with Crippen molar-refractivity contribution in [2.45, 2.75) is 0 Å². The zero-order chi connectivity index (χ0) is 6.95. The minimum absolute atomic E-state index is 0.638. The maximum Gasteiger partial charge on any atom is 0.0662 e. The molecule has 9 heavy (non-hydrogen) atoms. The van der Waals surface area contributed by atoms with Crippen molar-refractivity contribution in [3.8, 4) is 0 Å². The van der Waals surface area contributed by atoms with Gasteiger partial charge in [-0.2, -0.15) is 0 Å². The van der Waals surface area contributed by atoms with Crippen LogP contribution in [0, 0.1) is 0 Å². The molecule has 0 radical (unpaired) electrons. The van der Waals surface area contributed by atoms with E-state index in [4.69, 9.17) is 4.74 Å². The maximum atomic E-state index is 5.05. The average Bonchev–Trinajstić information content (AvgIpc) is 1.89. The van der Waals surface area contributed by atoms with Gasteiger partial charge in [-0.3, -0.25) is 9.98 Å². The lowest BCUT2D eigenvalue weighted by Gasteiger charge is -1.96. The molecule has 0 aromatic heterocycles. The summed E-state index contributed by atoms with van der Waals surface area (Å²) < 4.78 is 5.05. The average molecular weight is 128 g/mol. The van der Waals surface area contributed by atoms with Gasteiger partial charge in [0.1, 0.15) is 0 Å². The van der Waals surface area contributed by atoms with Crippen LogP contribution in [0.2, 0.25) is 0 Å². The van der Waals surface area contributed by atoms with Gasteiger partial charge < -0.3 is 4.74 Å². The molecule has 0 saturated carbocycles. The second-order valence-corrected chi connectivity index (χ2v) is 1.51. The SMILES string of the molecule is C=NCCOCCN=C. The first-order valence-electron chi connectivity index (χ1n) is 2.84. The van der Waals surface area contributed by atoms with Crippen molar-refractivity contribution in [1.82, 2.24) is 0 Å². The Bertz CT molecular complexity index is 73.1. The lowest BCUT2D eigenvalue weighted by atomic mass is 10.7. The van der Waals surface area contributed by atoms with E-state index in [0.29, 0.717) is 26.3 Å². The normalized spacial score (nSPS) is 8.89. The second-order valence-electron chi connectivity index (χ2n) is 1.51. The molecule has 52 valence electrons. The van der Waals surface area contributed by atoms with E-state index in [1.54, 1.807) is 0 Å². The van der Waals surface area contributed by atoms with Crippen LogP contribution in [0.25, 0.3) is 0 Å². The van der Waals surface area contributed by atoms with Gasteiger partial charge in [-0.1, -0.05) is 0 Å². The van der Waals surface area contributed by atoms with Gasteiger partial charge in [-0.15, -0.1) is 0 Å². The molecule has 0 aliphatic rings. The molecule has 0 spiro atoms. The molecule has 0 bridgehead atoms. The molecule has 0 unspecified atom stereocenters. The minimum atomic E-state index is 0.638. The monoisotopic (exact) mass is 128 g/mol. The summed E-state index contributed by atoms with van der Waals surface area (Å²) >= 11 is 0. The molecule has 0 rings (SSSR count). The predicted octanol–water partition coefficient (Wildman–Crippen LogP) is 0.404. The maximum absolute atomic E-state index is 5.05. The summed E-state index contributed by atoms with van der Waals surface area (Å²) in [5.74, 6) is 0. The molecule has 0 aromatic rings.